The van der Waals surface area contributed by atoms with E-state index in [4.69, 9.17) is 0 Å². The van der Waals surface area contributed by atoms with Crippen LogP contribution in [0.5, 0.6) is 0 Å². The van der Waals surface area contributed by atoms with Crippen LogP contribution < -0.4 is 5.32 Å². The summed E-state index contributed by atoms with van der Waals surface area (Å²) in [6, 6.07) is 10.6. The Morgan fingerprint density at radius 1 is 1.25 bits per heavy atom. The number of benzene rings is 2. The first-order chi connectivity index (χ1) is 9.65. The van der Waals surface area contributed by atoms with Gasteiger partial charge in [0.25, 0.3) is 0 Å². The maximum atomic E-state index is 13.9. The van der Waals surface area contributed by atoms with Gasteiger partial charge >= 0.3 is 130 Å². The molecule has 0 spiro atoms. The van der Waals surface area contributed by atoms with Crippen LogP contribution >= 0.6 is 15.9 Å². The van der Waals surface area contributed by atoms with Crippen molar-refractivity contribution in [2.75, 3.05) is 5.32 Å². The molecule has 102 valence electrons. The van der Waals surface area contributed by atoms with Crippen LogP contribution in [0.15, 0.2) is 48.8 Å². The van der Waals surface area contributed by atoms with Crippen molar-refractivity contribution < 1.29 is 4.39 Å². The molecule has 1 aliphatic heterocycles. The predicted molar refractivity (Wildman–Crippen MR) is 82.5 cm³/mol. The molecule has 20 heavy (non-hydrogen) atoms. The zero-order valence-electron chi connectivity index (χ0n) is 10.6. The fraction of sp³-hybridized carbons (Fsp3) is 0.143. The molecular weight excluding hydrogens is 388 g/mol. The van der Waals surface area contributed by atoms with Gasteiger partial charge in [-0.15, -0.1) is 0 Å². The third-order valence-corrected chi connectivity index (χ3v) is 4.71. The SMILES string of the molecule is CC(Nc1cccc2c1N=[Se]=N2)c1cc(Br)ccc1F. The van der Waals surface area contributed by atoms with Crippen LogP contribution in [0.2, 0.25) is 0 Å². The van der Waals surface area contributed by atoms with Gasteiger partial charge in [-0.25, -0.2) is 0 Å². The molecule has 3 nitrogen and oxygen atoms in total. The molecule has 0 radical (unpaired) electrons. The maximum absolute atomic E-state index is 13.9. The van der Waals surface area contributed by atoms with E-state index < -0.39 is 0 Å². The number of nitrogens with zero attached hydrogens (tertiary/aromatic N) is 2. The molecule has 0 aliphatic carbocycles. The third kappa shape index (κ3) is 2.64. The van der Waals surface area contributed by atoms with Crippen LogP contribution in [0.4, 0.5) is 21.5 Å². The Kier molecular flexibility index (Phi) is 3.87. The average molecular weight is 399 g/mol. The van der Waals surface area contributed by atoms with E-state index in [9.17, 15) is 4.39 Å². The molecule has 0 fully saturated rings. The minimum absolute atomic E-state index is 0.0651. The van der Waals surface area contributed by atoms with E-state index in [1.54, 1.807) is 12.1 Å². The van der Waals surface area contributed by atoms with Crippen LogP contribution in [-0.2, 0) is 0 Å². The Hall–Kier alpha value is -1.23. The molecule has 0 saturated heterocycles. The van der Waals surface area contributed by atoms with Gasteiger partial charge in [0.05, 0.1) is 0 Å². The molecule has 2 aromatic carbocycles. The molecule has 0 amide bonds. The first-order valence-corrected chi connectivity index (χ1v) is 8.40. The first kappa shape index (κ1) is 13.7. The fourth-order valence-electron chi connectivity index (χ4n) is 2.08. The molecule has 0 aromatic heterocycles. The Labute approximate surface area is 130 Å². The zero-order valence-corrected chi connectivity index (χ0v) is 13.9. The van der Waals surface area contributed by atoms with Gasteiger partial charge in [-0.05, 0) is 0 Å². The van der Waals surface area contributed by atoms with Crippen molar-refractivity contribution in [1.82, 2.24) is 0 Å². The quantitative estimate of drug-likeness (QED) is 0.611. The summed E-state index contributed by atoms with van der Waals surface area (Å²) in [6.07, 6.45) is 0. The van der Waals surface area contributed by atoms with E-state index in [1.165, 1.54) is 6.07 Å². The van der Waals surface area contributed by atoms with E-state index >= 15 is 0 Å². The molecule has 1 heterocycles. The molecule has 2 aromatic rings. The fourth-order valence-corrected chi connectivity index (χ4v) is 3.61. The predicted octanol–water partition coefficient (Wildman–Crippen LogP) is 5.11. The molecular formula is C14H11BrFN3Se. The van der Waals surface area contributed by atoms with Gasteiger partial charge in [0.15, 0.2) is 0 Å². The van der Waals surface area contributed by atoms with Crippen molar-refractivity contribution in [1.29, 1.82) is 0 Å². The second-order valence-corrected chi connectivity index (χ2v) is 6.49. The Balaban J connectivity index is 1.90. The standard InChI is InChI=1S/C14H11BrFN3Se/c1-8(10-7-9(15)5-6-11(10)16)17-12-3-2-4-13-14(12)19-20-18-13/h2-8,17H,1H3. The number of fused-ring (bicyclic) bond motifs is 1. The first-order valence-electron chi connectivity index (χ1n) is 6.08. The van der Waals surface area contributed by atoms with Gasteiger partial charge in [0.1, 0.15) is 0 Å². The van der Waals surface area contributed by atoms with E-state index in [-0.39, 0.29) is 26.4 Å². The zero-order chi connectivity index (χ0) is 14.1. The van der Waals surface area contributed by atoms with Gasteiger partial charge in [-0.1, -0.05) is 0 Å². The summed E-state index contributed by atoms with van der Waals surface area (Å²) in [5, 5.41) is 3.32. The van der Waals surface area contributed by atoms with Crippen molar-refractivity contribution in [3.63, 3.8) is 0 Å². The Bertz CT molecular complexity index is 741. The molecule has 3 rings (SSSR count). The van der Waals surface area contributed by atoms with Gasteiger partial charge in [0.2, 0.25) is 0 Å². The van der Waals surface area contributed by atoms with Crippen LogP contribution in [0, 0.1) is 5.82 Å². The van der Waals surface area contributed by atoms with Gasteiger partial charge < -0.3 is 0 Å². The van der Waals surface area contributed by atoms with E-state index in [0.717, 1.165) is 21.5 Å². The Morgan fingerprint density at radius 3 is 2.95 bits per heavy atom. The summed E-state index contributed by atoms with van der Waals surface area (Å²) < 4.78 is 23.5. The Morgan fingerprint density at radius 2 is 2.10 bits per heavy atom. The number of halogens is 2. The summed E-state index contributed by atoms with van der Waals surface area (Å²) in [6.45, 7) is 1.93. The molecule has 0 saturated carbocycles. The van der Waals surface area contributed by atoms with Crippen molar-refractivity contribution in [3.05, 3.63) is 52.3 Å². The second-order valence-electron chi connectivity index (χ2n) is 4.47. The number of hydrogen-bond donors (Lipinski definition) is 1. The van der Waals surface area contributed by atoms with Crippen LogP contribution in [0.3, 0.4) is 0 Å². The van der Waals surface area contributed by atoms with E-state index in [2.05, 4.69) is 29.2 Å². The summed E-state index contributed by atoms with van der Waals surface area (Å²) in [7, 11) is 0. The van der Waals surface area contributed by atoms with Gasteiger partial charge in [-0.3, -0.25) is 0 Å². The summed E-state index contributed by atoms with van der Waals surface area (Å²) >= 11 is 3.31. The molecule has 1 atom stereocenters. The van der Waals surface area contributed by atoms with Crippen molar-refractivity contribution >= 4 is 47.6 Å². The summed E-state index contributed by atoms with van der Waals surface area (Å²) in [4.78, 5) is 0. The van der Waals surface area contributed by atoms with Crippen LogP contribution in [0.25, 0.3) is 0 Å². The molecule has 1 N–H and O–H groups in total. The third-order valence-electron chi connectivity index (χ3n) is 3.08. The van der Waals surface area contributed by atoms with E-state index in [1.807, 2.05) is 25.1 Å². The molecule has 6 heteroatoms. The topological polar surface area (TPSA) is 36.8 Å². The van der Waals surface area contributed by atoms with Crippen LogP contribution in [-0.4, -0.2) is 14.6 Å². The van der Waals surface area contributed by atoms with Crippen molar-refractivity contribution in [3.8, 4) is 0 Å². The van der Waals surface area contributed by atoms with Crippen molar-refractivity contribution in [2.24, 2.45) is 7.92 Å². The van der Waals surface area contributed by atoms with Gasteiger partial charge in [0, 0.05) is 0 Å². The van der Waals surface area contributed by atoms with Crippen LogP contribution in [0.1, 0.15) is 18.5 Å². The normalized spacial score (nSPS) is 13.8. The molecule has 1 unspecified atom stereocenters. The van der Waals surface area contributed by atoms with Crippen molar-refractivity contribution in [2.45, 2.75) is 13.0 Å². The monoisotopic (exact) mass is 399 g/mol. The number of anilines is 1. The van der Waals surface area contributed by atoms with E-state index in [0.29, 0.717) is 5.56 Å². The summed E-state index contributed by atoms with van der Waals surface area (Å²) in [5.74, 6) is -0.216. The van der Waals surface area contributed by atoms with Gasteiger partial charge in [-0.2, -0.15) is 0 Å². The second kappa shape index (κ2) is 5.64. The number of rotatable bonds is 3. The average Bonchev–Trinajstić information content (AvgIpc) is 2.91. The number of hydrogen-bond acceptors (Lipinski definition) is 3. The molecule has 0 bridgehead atoms. The minimum atomic E-state index is -0.216. The number of nitrogens with one attached hydrogen (secondary N) is 1. The molecule has 1 aliphatic rings. The summed E-state index contributed by atoms with van der Waals surface area (Å²) in [5.41, 5.74) is 3.32.